The average Bonchev–Trinajstić information content (AvgIpc) is 2.68. The van der Waals surface area contributed by atoms with Crippen molar-refractivity contribution in [3.8, 4) is 0 Å². The fourth-order valence-corrected chi connectivity index (χ4v) is 2.17. The molecule has 0 radical (unpaired) electrons. The van der Waals surface area contributed by atoms with E-state index in [9.17, 15) is 0 Å². The van der Waals surface area contributed by atoms with Crippen LogP contribution in [0.25, 0.3) is 0 Å². The molecule has 1 unspecified atom stereocenters. The Balaban J connectivity index is 2.10. The number of rotatable bonds is 3. The molecule has 0 fully saturated rings. The zero-order valence-corrected chi connectivity index (χ0v) is 11.4. The van der Waals surface area contributed by atoms with Crippen LogP contribution >= 0.6 is 34.2 Å². The van der Waals surface area contributed by atoms with Gasteiger partial charge >= 0.3 is 0 Å². The van der Waals surface area contributed by atoms with E-state index in [1.165, 1.54) is 9.13 Å². The summed E-state index contributed by atoms with van der Waals surface area (Å²) < 4.78 is 6.25. The van der Waals surface area contributed by atoms with Gasteiger partial charge in [0.15, 0.2) is 5.22 Å². The Morgan fingerprint density at radius 3 is 2.50 bits per heavy atom. The molecular formula is C12H11ClINO. The van der Waals surface area contributed by atoms with Crippen molar-refractivity contribution < 1.29 is 4.42 Å². The minimum Gasteiger partial charge on any atom is -0.453 e. The van der Waals surface area contributed by atoms with Gasteiger partial charge in [0.25, 0.3) is 0 Å². The van der Waals surface area contributed by atoms with Gasteiger partial charge in [0, 0.05) is 15.2 Å². The molecule has 0 aliphatic carbocycles. The predicted octanol–water partition coefficient (Wildman–Crippen LogP) is 3.78. The number of hydrogen-bond donors (Lipinski definition) is 1. The molecule has 16 heavy (non-hydrogen) atoms. The number of halogens is 2. The molecule has 4 heteroatoms. The maximum absolute atomic E-state index is 6.06. The summed E-state index contributed by atoms with van der Waals surface area (Å²) in [4.78, 5) is 0. The molecule has 2 N–H and O–H groups in total. The summed E-state index contributed by atoms with van der Waals surface area (Å²) in [6, 6.07) is 10.00. The predicted molar refractivity (Wildman–Crippen MR) is 73.5 cm³/mol. The van der Waals surface area contributed by atoms with Crippen LogP contribution in [0.4, 0.5) is 0 Å². The molecule has 0 saturated carbocycles. The Morgan fingerprint density at radius 1 is 1.25 bits per heavy atom. The molecule has 0 bridgehead atoms. The van der Waals surface area contributed by atoms with Crippen molar-refractivity contribution in [2.24, 2.45) is 5.73 Å². The van der Waals surface area contributed by atoms with Gasteiger partial charge in [-0.1, -0.05) is 12.1 Å². The van der Waals surface area contributed by atoms with Gasteiger partial charge in [-0.3, -0.25) is 0 Å². The second-order valence-corrected chi connectivity index (χ2v) is 5.18. The van der Waals surface area contributed by atoms with E-state index in [1.54, 1.807) is 6.26 Å². The van der Waals surface area contributed by atoms with Crippen molar-refractivity contribution >= 4 is 34.2 Å². The molecular weight excluding hydrogens is 336 g/mol. The van der Waals surface area contributed by atoms with Crippen molar-refractivity contribution in [1.82, 2.24) is 0 Å². The summed E-state index contributed by atoms with van der Waals surface area (Å²) in [7, 11) is 0. The summed E-state index contributed by atoms with van der Waals surface area (Å²) in [5.41, 5.74) is 8.12. The fraction of sp³-hybridized carbons (Fsp3) is 0.167. The number of benzene rings is 1. The van der Waals surface area contributed by atoms with E-state index in [0.717, 1.165) is 12.0 Å². The molecule has 2 nitrogen and oxygen atoms in total. The number of furan rings is 1. The number of nitrogens with two attached hydrogens (primary N) is 1. The Morgan fingerprint density at radius 2 is 1.94 bits per heavy atom. The van der Waals surface area contributed by atoms with E-state index in [4.69, 9.17) is 21.8 Å². The zero-order chi connectivity index (χ0) is 11.5. The van der Waals surface area contributed by atoms with Crippen molar-refractivity contribution in [3.63, 3.8) is 0 Å². The van der Waals surface area contributed by atoms with Gasteiger partial charge in [-0.15, -0.1) is 0 Å². The molecule has 1 heterocycles. The minimum absolute atomic E-state index is 0.119. The fourth-order valence-electron chi connectivity index (χ4n) is 1.55. The lowest BCUT2D eigenvalue weighted by Gasteiger charge is -2.10. The normalized spacial score (nSPS) is 12.7. The second-order valence-electron chi connectivity index (χ2n) is 3.59. The Bertz CT molecular complexity index is 466. The van der Waals surface area contributed by atoms with Gasteiger partial charge in [-0.25, -0.2) is 0 Å². The summed E-state index contributed by atoms with van der Waals surface area (Å²) in [5, 5.41) is 0.387. The van der Waals surface area contributed by atoms with Gasteiger partial charge in [-0.2, -0.15) is 0 Å². The molecule has 0 saturated heterocycles. The van der Waals surface area contributed by atoms with Gasteiger partial charge in [0.05, 0.1) is 6.26 Å². The molecule has 84 valence electrons. The summed E-state index contributed by atoms with van der Waals surface area (Å²) >= 11 is 8.16. The van der Waals surface area contributed by atoms with Gasteiger partial charge in [0.1, 0.15) is 0 Å². The molecule has 0 aliphatic heterocycles. The first-order valence-electron chi connectivity index (χ1n) is 4.89. The second kappa shape index (κ2) is 5.21. The number of hydrogen-bond acceptors (Lipinski definition) is 2. The maximum atomic E-state index is 6.06. The first kappa shape index (κ1) is 12.0. The molecule has 2 aromatic rings. The minimum atomic E-state index is -0.119. The molecule has 1 aromatic heterocycles. The molecule has 2 rings (SSSR count). The summed E-state index contributed by atoms with van der Waals surface area (Å²) in [5.74, 6) is 0. The quantitative estimate of drug-likeness (QED) is 0.858. The van der Waals surface area contributed by atoms with Crippen LogP contribution in [0.5, 0.6) is 0 Å². The molecule has 1 atom stereocenters. The van der Waals surface area contributed by atoms with Gasteiger partial charge < -0.3 is 10.2 Å². The molecule has 0 aliphatic rings. The molecule has 1 aromatic carbocycles. The van der Waals surface area contributed by atoms with Crippen molar-refractivity contribution in [2.45, 2.75) is 12.5 Å². The van der Waals surface area contributed by atoms with Gasteiger partial charge in [-0.05, 0) is 64.4 Å². The van der Waals surface area contributed by atoms with E-state index in [1.807, 2.05) is 6.07 Å². The third-order valence-corrected chi connectivity index (χ3v) is 3.44. The van der Waals surface area contributed by atoms with Crippen LogP contribution in [0.2, 0.25) is 5.22 Å². The highest BCUT2D eigenvalue weighted by molar-refractivity contribution is 14.1. The van der Waals surface area contributed by atoms with Crippen molar-refractivity contribution in [3.05, 3.63) is 56.5 Å². The third kappa shape index (κ3) is 2.78. The molecule has 0 amide bonds. The van der Waals surface area contributed by atoms with Crippen LogP contribution in [-0.4, -0.2) is 0 Å². The van der Waals surface area contributed by atoms with E-state index in [0.29, 0.717) is 5.22 Å². The highest BCUT2D eigenvalue weighted by Gasteiger charge is 2.13. The van der Waals surface area contributed by atoms with Crippen LogP contribution in [0, 0.1) is 3.57 Å². The van der Waals surface area contributed by atoms with E-state index in [-0.39, 0.29) is 6.04 Å². The lowest BCUT2D eigenvalue weighted by Crippen LogP contribution is -2.12. The molecule has 0 spiro atoms. The lowest BCUT2D eigenvalue weighted by molar-refractivity contribution is 0.560. The Labute approximate surface area is 113 Å². The largest absolute Gasteiger partial charge is 0.453 e. The van der Waals surface area contributed by atoms with E-state index >= 15 is 0 Å². The van der Waals surface area contributed by atoms with Crippen LogP contribution in [0.1, 0.15) is 17.2 Å². The lowest BCUT2D eigenvalue weighted by atomic mass is 10.0. The first-order chi connectivity index (χ1) is 7.66. The zero-order valence-electron chi connectivity index (χ0n) is 8.49. The monoisotopic (exact) mass is 347 g/mol. The van der Waals surface area contributed by atoms with Crippen LogP contribution in [0.3, 0.4) is 0 Å². The maximum Gasteiger partial charge on any atom is 0.197 e. The first-order valence-corrected chi connectivity index (χ1v) is 6.35. The van der Waals surface area contributed by atoms with E-state index < -0.39 is 0 Å². The smallest absolute Gasteiger partial charge is 0.197 e. The Kier molecular flexibility index (Phi) is 3.89. The third-order valence-electron chi connectivity index (χ3n) is 2.41. The standard InChI is InChI=1S/C12H11ClINO/c13-12-10(5-6-16-12)11(15)7-8-1-3-9(14)4-2-8/h1-6,11H,7,15H2. The summed E-state index contributed by atoms with van der Waals surface area (Å²) in [6.07, 6.45) is 2.32. The van der Waals surface area contributed by atoms with Crippen LogP contribution < -0.4 is 5.73 Å². The highest BCUT2D eigenvalue weighted by Crippen LogP contribution is 2.25. The topological polar surface area (TPSA) is 39.2 Å². The van der Waals surface area contributed by atoms with Crippen LogP contribution in [-0.2, 0) is 6.42 Å². The SMILES string of the molecule is NC(Cc1ccc(I)cc1)c1ccoc1Cl. The Hall–Kier alpha value is -0.520. The highest BCUT2D eigenvalue weighted by atomic mass is 127. The summed E-state index contributed by atoms with van der Waals surface area (Å²) in [6.45, 7) is 0. The average molecular weight is 348 g/mol. The van der Waals surface area contributed by atoms with Crippen molar-refractivity contribution in [1.29, 1.82) is 0 Å². The van der Waals surface area contributed by atoms with Crippen molar-refractivity contribution in [2.75, 3.05) is 0 Å². The van der Waals surface area contributed by atoms with Crippen LogP contribution in [0.15, 0.2) is 41.0 Å². The van der Waals surface area contributed by atoms with E-state index in [2.05, 4.69) is 46.9 Å². The van der Waals surface area contributed by atoms with Gasteiger partial charge in [0.2, 0.25) is 0 Å².